The van der Waals surface area contributed by atoms with Crippen molar-refractivity contribution in [1.29, 1.82) is 0 Å². The van der Waals surface area contributed by atoms with Crippen molar-refractivity contribution in [3.8, 4) is 5.75 Å². The van der Waals surface area contributed by atoms with E-state index in [0.29, 0.717) is 15.2 Å². The molecule has 2 aromatic carbocycles. The summed E-state index contributed by atoms with van der Waals surface area (Å²) in [5, 5.41) is 12.7. The predicted octanol–water partition coefficient (Wildman–Crippen LogP) is 3.91. The Bertz CT molecular complexity index is 764. The number of benzene rings is 2. The molecule has 0 radical (unpaired) electrons. The third-order valence-corrected chi connectivity index (χ3v) is 3.71. The highest BCUT2D eigenvalue weighted by atomic mass is 79.9. The molecule has 0 saturated heterocycles. The van der Waals surface area contributed by atoms with Crippen molar-refractivity contribution in [3.05, 3.63) is 57.0 Å². The molecule has 0 fully saturated rings. The molecule has 7 heteroatoms. The van der Waals surface area contributed by atoms with Crippen LogP contribution in [0.3, 0.4) is 0 Å². The molecule has 0 aliphatic carbocycles. The van der Waals surface area contributed by atoms with E-state index in [-0.39, 0.29) is 11.3 Å². The highest BCUT2D eigenvalue weighted by Gasteiger charge is 2.15. The maximum absolute atomic E-state index is 11.9. The summed E-state index contributed by atoms with van der Waals surface area (Å²) in [6, 6.07) is 9.44. The Kier molecular flexibility index (Phi) is 5.63. The van der Waals surface area contributed by atoms with E-state index >= 15 is 0 Å². The molecule has 0 unspecified atom stereocenters. The molecule has 0 aromatic heterocycles. The predicted molar refractivity (Wildman–Crippen MR) is 90.9 cm³/mol. The molecule has 2 N–H and O–H groups in total. The molecule has 0 aliphatic rings. The minimum absolute atomic E-state index is 0.0221. The van der Waals surface area contributed by atoms with Gasteiger partial charge in [-0.1, -0.05) is 33.6 Å². The molecule has 2 rings (SSSR count). The summed E-state index contributed by atoms with van der Waals surface area (Å²) in [5.41, 5.74) is 1.36. The standard InChI is InChI=1S/C16H13BrClNO4/c1-9-2-4-11(18)7-13(9)19-15(21)8-23-16(22)12-6-10(17)3-5-14(12)20/h2-7,20H,8H2,1H3,(H,19,21). The van der Waals surface area contributed by atoms with Crippen LogP contribution in [-0.2, 0) is 9.53 Å². The lowest BCUT2D eigenvalue weighted by molar-refractivity contribution is -0.119. The number of phenolic OH excluding ortho intramolecular Hbond substituents is 1. The van der Waals surface area contributed by atoms with Crippen LogP contribution in [-0.4, -0.2) is 23.6 Å². The molecule has 0 saturated carbocycles. The Labute approximate surface area is 146 Å². The zero-order valence-electron chi connectivity index (χ0n) is 12.1. The monoisotopic (exact) mass is 397 g/mol. The second-order valence-electron chi connectivity index (χ2n) is 4.75. The van der Waals surface area contributed by atoms with E-state index in [0.717, 1.165) is 5.56 Å². The Hall–Kier alpha value is -2.05. The fourth-order valence-corrected chi connectivity index (χ4v) is 2.33. The molecular formula is C16H13BrClNO4. The van der Waals surface area contributed by atoms with Gasteiger partial charge >= 0.3 is 5.97 Å². The Balaban J connectivity index is 1.97. The maximum Gasteiger partial charge on any atom is 0.342 e. The number of hydrogen-bond donors (Lipinski definition) is 2. The van der Waals surface area contributed by atoms with Gasteiger partial charge in [0.05, 0.1) is 0 Å². The van der Waals surface area contributed by atoms with Crippen LogP contribution in [0.4, 0.5) is 5.69 Å². The highest BCUT2D eigenvalue weighted by Crippen LogP contribution is 2.23. The number of carbonyl (C=O) groups is 2. The molecule has 23 heavy (non-hydrogen) atoms. The largest absolute Gasteiger partial charge is 0.507 e. The summed E-state index contributed by atoms with van der Waals surface area (Å²) in [6.45, 7) is 1.34. The van der Waals surface area contributed by atoms with Crippen molar-refractivity contribution in [2.75, 3.05) is 11.9 Å². The summed E-state index contributed by atoms with van der Waals surface area (Å²) < 4.78 is 5.52. The number of anilines is 1. The first kappa shape index (κ1) is 17.3. The van der Waals surface area contributed by atoms with Gasteiger partial charge in [0.25, 0.3) is 5.91 Å². The van der Waals surface area contributed by atoms with Gasteiger partial charge in [-0.3, -0.25) is 4.79 Å². The maximum atomic E-state index is 11.9. The van der Waals surface area contributed by atoms with Gasteiger partial charge in [-0.2, -0.15) is 0 Å². The van der Waals surface area contributed by atoms with Gasteiger partial charge in [0, 0.05) is 15.2 Å². The van der Waals surface area contributed by atoms with Gasteiger partial charge in [-0.05, 0) is 42.8 Å². The van der Waals surface area contributed by atoms with Crippen molar-refractivity contribution in [1.82, 2.24) is 0 Å². The second kappa shape index (κ2) is 7.48. The molecule has 0 aliphatic heterocycles. The van der Waals surface area contributed by atoms with E-state index < -0.39 is 18.5 Å². The second-order valence-corrected chi connectivity index (χ2v) is 6.10. The third kappa shape index (κ3) is 4.71. The van der Waals surface area contributed by atoms with Crippen molar-refractivity contribution in [3.63, 3.8) is 0 Å². The molecule has 1 amide bonds. The van der Waals surface area contributed by atoms with Crippen LogP contribution >= 0.6 is 27.5 Å². The number of carbonyl (C=O) groups excluding carboxylic acids is 2. The van der Waals surface area contributed by atoms with Crippen LogP contribution in [0.1, 0.15) is 15.9 Å². The zero-order chi connectivity index (χ0) is 17.0. The number of halogens is 2. The van der Waals surface area contributed by atoms with Gasteiger partial charge < -0.3 is 15.2 Å². The van der Waals surface area contributed by atoms with E-state index in [1.165, 1.54) is 12.1 Å². The van der Waals surface area contributed by atoms with Gasteiger partial charge in [-0.15, -0.1) is 0 Å². The molecule has 0 heterocycles. The van der Waals surface area contributed by atoms with Gasteiger partial charge in [0.15, 0.2) is 6.61 Å². The van der Waals surface area contributed by atoms with E-state index in [1.807, 2.05) is 6.92 Å². The fourth-order valence-electron chi connectivity index (χ4n) is 1.80. The highest BCUT2D eigenvalue weighted by molar-refractivity contribution is 9.10. The Morgan fingerprint density at radius 3 is 2.74 bits per heavy atom. The molecule has 2 aromatic rings. The van der Waals surface area contributed by atoms with Crippen molar-refractivity contribution in [2.45, 2.75) is 6.92 Å². The van der Waals surface area contributed by atoms with Crippen molar-refractivity contribution >= 4 is 45.1 Å². The van der Waals surface area contributed by atoms with E-state index in [4.69, 9.17) is 16.3 Å². The average Bonchev–Trinajstić information content (AvgIpc) is 2.51. The minimum Gasteiger partial charge on any atom is -0.507 e. The lowest BCUT2D eigenvalue weighted by Crippen LogP contribution is -2.21. The van der Waals surface area contributed by atoms with E-state index in [1.54, 1.807) is 24.3 Å². The molecule has 0 spiro atoms. The first-order chi connectivity index (χ1) is 10.9. The minimum atomic E-state index is -0.790. The Morgan fingerprint density at radius 2 is 2.00 bits per heavy atom. The van der Waals surface area contributed by atoms with Gasteiger partial charge in [0.1, 0.15) is 11.3 Å². The van der Waals surface area contributed by atoms with Crippen molar-refractivity contribution in [2.24, 2.45) is 0 Å². The summed E-state index contributed by atoms with van der Waals surface area (Å²) in [4.78, 5) is 23.8. The number of phenols is 1. The smallest absolute Gasteiger partial charge is 0.342 e. The SMILES string of the molecule is Cc1ccc(Cl)cc1NC(=O)COC(=O)c1cc(Br)ccc1O. The van der Waals surface area contributed by atoms with Crippen LogP contribution in [0.15, 0.2) is 40.9 Å². The first-order valence-corrected chi connectivity index (χ1v) is 7.75. The van der Waals surface area contributed by atoms with E-state index in [2.05, 4.69) is 21.2 Å². The number of nitrogens with one attached hydrogen (secondary N) is 1. The number of amides is 1. The summed E-state index contributed by atoms with van der Waals surface area (Å²) in [7, 11) is 0. The van der Waals surface area contributed by atoms with Crippen LogP contribution in [0.25, 0.3) is 0 Å². The van der Waals surface area contributed by atoms with Gasteiger partial charge in [-0.25, -0.2) is 4.79 Å². The number of rotatable bonds is 4. The zero-order valence-corrected chi connectivity index (χ0v) is 14.4. The van der Waals surface area contributed by atoms with Crippen LogP contribution in [0, 0.1) is 6.92 Å². The summed E-state index contributed by atoms with van der Waals surface area (Å²) >= 11 is 9.06. The van der Waals surface area contributed by atoms with Crippen LogP contribution in [0.2, 0.25) is 5.02 Å². The average molecular weight is 399 g/mol. The number of aryl methyl sites for hydroxylation is 1. The van der Waals surface area contributed by atoms with Crippen molar-refractivity contribution < 1.29 is 19.4 Å². The lowest BCUT2D eigenvalue weighted by atomic mass is 10.2. The summed E-state index contributed by atoms with van der Waals surface area (Å²) in [6.07, 6.45) is 0. The molecule has 120 valence electrons. The molecule has 0 atom stereocenters. The number of hydrogen-bond acceptors (Lipinski definition) is 4. The normalized spacial score (nSPS) is 10.2. The number of aromatic hydroxyl groups is 1. The molecule has 5 nitrogen and oxygen atoms in total. The fraction of sp³-hybridized carbons (Fsp3) is 0.125. The van der Waals surface area contributed by atoms with Gasteiger partial charge in [0.2, 0.25) is 0 Å². The van der Waals surface area contributed by atoms with Crippen LogP contribution < -0.4 is 5.32 Å². The lowest BCUT2D eigenvalue weighted by Gasteiger charge is -2.10. The van der Waals surface area contributed by atoms with E-state index in [9.17, 15) is 14.7 Å². The molecule has 0 bridgehead atoms. The third-order valence-electron chi connectivity index (χ3n) is 2.99. The summed E-state index contributed by atoms with van der Waals surface area (Å²) in [5.74, 6) is -1.51. The first-order valence-electron chi connectivity index (χ1n) is 6.58. The quantitative estimate of drug-likeness (QED) is 0.766. The number of ether oxygens (including phenoxy) is 1. The van der Waals surface area contributed by atoms with Crippen LogP contribution in [0.5, 0.6) is 5.75 Å². The molecular weight excluding hydrogens is 386 g/mol. The number of esters is 1. The Morgan fingerprint density at radius 1 is 1.26 bits per heavy atom. The topological polar surface area (TPSA) is 75.6 Å².